The molecule has 22 heavy (non-hydrogen) atoms. The van der Waals surface area contributed by atoms with Gasteiger partial charge < -0.3 is 19.7 Å². The third-order valence-corrected chi connectivity index (χ3v) is 3.65. The smallest absolute Gasteiger partial charge is 0.395 e. The van der Waals surface area contributed by atoms with Crippen LogP contribution in [0.5, 0.6) is 11.5 Å². The van der Waals surface area contributed by atoms with Gasteiger partial charge in [0.05, 0.1) is 6.54 Å². The monoisotopic (exact) mass is 313 g/mol. The Bertz CT molecular complexity index is 574. The molecule has 0 aliphatic carbocycles. The highest BCUT2D eigenvalue weighted by molar-refractivity contribution is 5.92. The lowest BCUT2D eigenvalue weighted by Gasteiger charge is -2.31. The zero-order valence-electron chi connectivity index (χ0n) is 12.1. The van der Waals surface area contributed by atoms with Gasteiger partial charge in [0.25, 0.3) is 0 Å². The number of ether oxygens (including phenoxy) is 2. The van der Waals surface area contributed by atoms with Crippen molar-refractivity contribution in [2.24, 2.45) is 0 Å². The Labute approximate surface area is 126 Å². The number of piperazine rings is 1. The second kappa shape index (κ2) is 5.69. The Balaban J connectivity index is 1.56. The number of nitrogens with zero attached hydrogens (tertiary/aromatic N) is 2. The van der Waals surface area contributed by atoms with Gasteiger partial charge in [0.15, 0.2) is 11.5 Å². The molecular formula is C14H17F2N3O3. The first-order valence-electron chi connectivity index (χ1n) is 7.02. The first-order chi connectivity index (χ1) is 10.4. The van der Waals surface area contributed by atoms with E-state index in [2.05, 4.69) is 24.6 Å². The number of nitrogens with one attached hydrogen (secondary N) is 1. The van der Waals surface area contributed by atoms with Crippen molar-refractivity contribution in [1.82, 2.24) is 9.80 Å². The van der Waals surface area contributed by atoms with Crippen LogP contribution < -0.4 is 14.8 Å². The number of hydrogen-bond donors (Lipinski definition) is 1. The van der Waals surface area contributed by atoms with Crippen molar-refractivity contribution in [2.45, 2.75) is 6.29 Å². The van der Waals surface area contributed by atoms with Gasteiger partial charge in [-0.25, -0.2) is 0 Å². The van der Waals surface area contributed by atoms with Gasteiger partial charge in [-0.1, -0.05) is 0 Å². The molecule has 2 heterocycles. The highest BCUT2D eigenvalue weighted by atomic mass is 19.3. The Hall–Kier alpha value is -1.93. The molecule has 1 saturated heterocycles. The summed E-state index contributed by atoms with van der Waals surface area (Å²) < 4.78 is 34.5. The number of halogens is 2. The van der Waals surface area contributed by atoms with E-state index < -0.39 is 6.29 Å². The molecule has 6 nitrogen and oxygen atoms in total. The fourth-order valence-corrected chi connectivity index (χ4v) is 2.44. The number of benzene rings is 1. The third-order valence-electron chi connectivity index (χ3n) is 3.65. The maximum absolute atomic E-state index is 12.9. The number of alkyl halides is 2. The first kappa shape index (κ1) is 15.0. The highest BCUT2D eigenvalue weighted by Crippen LogP contribution is 2.42. The molecule has 0 radical (unpaired) electrons. The number of carbonyl (C=O) groups excluding carboxylic acids is 1. The van der Waals surface area contributed by atoms with Crippen LogP contribution in [0.15, 0.2) is 18.2 Å². The van der Waals surface area contributed by atoms with Crippen LogP contribution in [-0.2, 0) is 4.79 Å². The Morgan fingerprint density at radius 2 is 1.91 bits per heavy atom. The lowest BCUT2D eigenvalue weighted by atomic mass is 10.2. The third kappa shape index (κ3) is 3.45. The molecule has 1 aromatic carbocycles. The highest BCUT2D eigenvalue weighted by Gasteiger charge is 2.43. The van der Waals surface area contributed by atoms with Crippen LogP contribution in [0.1, 0.15) is 0 Å². The molecule has 8 heteroatoms. The number of amides is 1. The van der Waals surface area contributed by atoms with E-state index in [1.165, 1.54) is 18.2 Å². The molecule has 120 valence electrons. The van der Waals surface area contributed by atoms with Gasteiger partial charge in [-0.15, -0.1) is 8.78 Å². The number of hydrogen-bond acceptors (Lipinski definition) is 5. The number of rotatable bonds is 3. The van der Waals surface area contributed by atoms with E-state index in [0.29, 0.717) is 5.69 Å². The average Bonchev–Trinajstić information content (AvgIpc) is 2.74. The summed E-state index contributed by atoms with van der Waals surface area (Å²) in [5.74, 6) is -0.306. The summed E-state index contributed by atoms with van der Waals surface area (Å²) in [6.07, 6.45) is -3.65. The quantitative estimate of drug-likeness (QED) is 0.908. The zero-order valence-corrected chi connectivity index (χ0v) is 12.1. The van der Waals surface area contributed by atoms with Gasteiger partial charge in [-0.3, -0.25) is 9.69 Å². The lowest BCUT2D eigenvalue weighted by Crippen LogP contribution is -2.47. The first-order valence-corrected chi connectivity index (χ1v) is 7.02. The summed E-state index contributed by atoms with van der Waals surface area (Å²) in [5.41, 5.74) is 0.402. The minimum atomic E-state index is -3.65. The molecule has 0 atom stereocenters. The van der Waals surface area contributed by atoms with Gasteiger partial charge in [-0.05, 0) is 19.2 Å². The largest absolute Gasteiger partial charge is 0.586 e. The number of carbonyl (C=O) groups is 1. The number of anilines is 1. The predicted octanol–water partition coefficient (Wildman–Crippen LogP) is 1.19. The molecule has 0 saturated carbocycles. The molecule has 0 aromatic heterocycles. The van der Waals surface area contributed by atoms with Crippen molar-refractivity contribution in [3.63, 3.8) is 0 Å². The molecule has 0 unspecified atom stereocenters. The second-order valence-corrected chi connectivity index (χ2v) is 5.46. The van der Waals surface area contributed by atoms with Gasteiger partial charge in [0, 0.05) is 37.9 Å². The van der Waals surface area contributed by atoms with E-state index in [-0.39, 0.29) is 24.0 Å². The van der Waals surface area contributed by atoms with Gasteiger partial charge in [0.1, 0.15) is 0 Å². The van der Waals surface area contributed by atoms with Gasteiger partial charge in [0.2, 0.25) is 5.91 Å². The molecule has 1 N–H and O–H groups in total. The Morgan fingerprint density at radius 3 is 2.64 bits per heavy atom. The van der Waals surface area contributed by atoms with E-state index >= 15 is 0 Å². The van der Waals surface area contributed by atoms with Crippen molar-refractivity contribution >= 4 is 11.6 Å². The molecule has 3 rings (SSSR count). The predicted molar refractivity (Wildman–Crippen MR) is 75.2 cm³/mol. The fraction of sp³-hybridized carbons (Fsp3) is 0.500. The van der Waals surface area contributed by atoms with Crippen molar-refractivity contribution in [3.05, 3.63) is 18.2 Å². The maximum Gasteiger partial charge on any atom is 0.586 e. The number of likely N-dealkylation sites (N-methyl/N-ethyl adjacent to an activating group) is 1. The van der Waals surface area contributed by atoms with Crippen molar-refractivity contribution in [2.75, 3.05) is 45.1 Å². The summed E-state index contributed by atoms with van der Waals surface area (Å²) in [6, 6.07) is 4.19. The summed E-state index contributed by atoms with van der Waals surface area (Å²) in [5, 5.41) is 2.68. The normalized spacial score (nSPS) is 20.9. The molecular weight excluding hydrogens is 296 g/mol. The van der Waals surface area contributed by atoms with Crippen molar-refractivity contribution in [3.8, 4) is 11.5 Å². The molecule has 1 aromatic rings. The van der Waals surface area contributed by atoms with Crippen LogP contribution in [0.4, 0.5) is 14.5 Å². The van der Waals surface area contributed by atoms with Crippen LogP contribution in [0.25, 0.3) is 0 Å². The van der Waals surface area contributed by atoms with E-state index in [1.54, 1.807) is 0 Å². The SMILES string of the molecule is CN1CCN(CC(=O)Nc2ccc3c(c2)OC(F)(F)O3)CC1. The van der Waals surface area contributed by atoms with Crippen molar-refractivity contribution < 1.29 is 23.0 Å². The fourth-order valence-electron chi connectivity index (χ4n) is 2.44. The van der Waals surface area contributed by atoms with Crippen molar-refractivity contribution in [1.29, 1.82) is 0 Å². The molecule has 2 aliphatic rings. The van der Waals surface area contributed by atoms with E-state index in [0.717, 1.165) is 26.2 Å². The average molecular weight is 313 g/mol. The summed E-state index contributed by atoms with van der Waals surface area (Å²) in [7, 11) is 2.04. The van der Waals surface area contributed by atoms with E-state index in [1.807, 2.05) is 7.05 Å². The van der Waals surface area contributed by atoms with Crippen LogP contribution in [0, 0.1) is 0 Å². The van der Waals surface area contributed by atoms with E-state index in [9.17, 15) is 13.6 Å². The van der Waals surface area contributed by atoms with E-state index in [4.69, 9.17) is 0 Å². The Kier molecular flexibility index (Phi) is 3.88. The second-order valence-electron chi connectivity index (χ2n) is 5.46. The topological polar surface area (TPSA) is 54.0 Å². The Morgan fingerprint density at radius 1 is 1.23 bits per heavy atom. The lowest BCUT2D eigenvalue weighted by molar-refractivity contribution is -0.286. The van der Waals surface area contributed by atoms with Crippen LogP contribution in [-0.4, -0.2) is 61.8 Å². The van der Waals surface area contributed by atoms with Gasteiger partial charge >= 0.3 is 6.29 Å². The van der Waals surface area contributed by atoms with Gasteiger partial charge in [-0.2, -0.15) is 0 Å². The minimum absolute atomic E-state index is 0.0398. The molecule has 1 fully saturated rings. The van der Waals surface area contributed by atoms with Crippen LogP contribution >= 0.6 is 0 Å². The maximum atomic E-state index is 12.9. The summed E-state index contributed by atoms with van der Waals surface area (Å²) in [4.78, 5) is 16.3. The summed E-state index contributed by atoms with van der Waals surface area (Å²) in [6.45, 7) is 3.78. The molecule has 2 aliphatic heterocycles. The summed E-state index contributed by atoms with van der Waals surface area (Å²) >= 11 is 0. The molecule has 0 spiro atoms. The van der Waals surface area contributed by atoms with Crippen LogP contribution in [0.2, 0.25) is 0 Å². The minimum Gasteiger partial charge on any atom is -0.395 e. The molecule has 0 bridgehead atoms. The van der Waals surface area contributed by atoms with Crippen LogP contribution in [0.3, 0.4) is 0 Å². The standard InChI is InChI=1S/C14H17F2N3O3/c1-18-4-6-19(7-5-18)9-13(20)17-10-2-3-11-12(8-10)22-14(15,16)21-11/h2-3,8H,4-7,9H2,1H3,(H,17,20). The zero-order chi connectivity index (χ0) is 15.7. The molecule has 1 amide bonds. The number of fused-ring (bicyclic) bond motifs is 1.